The molecule has 1 saturated heterocycles. The van der Waals surface area contributed by atoms with Gasteiger partial charge in [-0.15, -0.1) is 0 Å². The minimum absolute atomic E-state index is 0.243. The number of amides is 2. The van der Waals surface area contributed by atoms with Crippen molar-refractivity contribution >= 4 is 23.4 Å². The van der Waals surface area contributed by atoms with Gasteiger partial charge in [-0.1, -0.05) is 17.3 Å². The summed E-state index contributed by atoms with van der Waals surface area (Å²) in [5.74, 6) is -0.883. The van der Waals surface area contributed by atoms with Gasteiger partial charge in [-0.3, -0.25) is 9.59 Å². The number of aromatic nitrogens is 1. The summed E-state index contributed by atoms with van der Waals surface area (Å²) < 4.78 is 4.81. The lowest BCUT2D eigenvalue weighted by atomic mass is 10.1. The highest BCUT2D eigenvalue weighted by atomic mass is 16.5. The number of benzene rings is 1. The largest absolute Gasteiger partial charge is 0.368 e. The summed E-state index contributed by atoms with van der Waals surface area (Å²) in [7, 11) is 0. The smallest absolute Gasteiger partial charge is 0.316 e. The van der Waals surface area contributed by atoms with Crippen molar-refractivity contribution < 1.29 is 14.1 Å². The van der Waals surface area contributed by atoms with Crippen LogP contribution in [0, 0.1) is 0 Å². The molecule has 7 nitrogen and oxygen atoms in total. The molecule has 20 heavy (non-hydrogen) atoms. The number of nitrogens with two attached hydrogens (primary N) is 1. The average molecular weight is 272 g/mol. The van der Waals surface area contributed by atoms with E-state index in [2.05, 4.69) is 10.5 Å². The Morgan fingerprint density at radius 3 is 2.65 bits per heavy atom. The van der Waals surface area contributed by atoms with Crippen molar-refractivity contribution in [1.82, 2.24) is 10.5 Å². The van der Waals surface area contributed by atoms with Gasteiger partial charge in [-0.25, -0.2) is 0 Å². The standard InChI is InChI=1S/C13H12N4O3/c14-11-7-10(16-20-11)8-1-3-9(4-2-8)17-6-5-15-12(18)13(17)19/h1-4,7H,5-6,14H2,(H,15,18). The highest BCUT2D eigenvalue weighted by Gasteiger charge is 2.27. The highest BCUT2D eigenvalue weighted by molar-refractivity contribution is 6.41. The number of nitrogen functional groups attached to an aromatic ring is 1. The Morgan fingerprint density at radius 1 is 1.25 bits per heavy atom. The third-order valence-corrected chi connectivity index (χ3v) is 3.06. The Kier molecular flexibility index (Phi) is 2.86. The molecule has 102 valence electrons. The number of hydrogen-bond acceptors (Lipinski definition) is 5. The Hall–Kier alpha value is -2.83. The third-order valence-electron chi connectivity index (χ3n) is 3.06. The second-order valence-electron chi connectivity index (χ2n) is 4.37. The van der Waals surface area contributed by atoms with E-state index in [9.17, 15) is 9.59 Å². The maximum Gasteiger partial charge on any atom is 0.316 e. The molecule has 1 fully saturated rings. The topological polar surface area (TPSA) is 101 Å². The third kappa shape index (κ3) is 2.09. The van der Waals surface area contributed by atoms with Crippen molar-refractivity contribution in [3.8, 4) is 11.3 Å². The van der Waals surface area contributed by atoms with Crippen molar-refractivity contribution in [2.24, 2.45) is 0 Å². The monoisotopic (exact) mass is 272 g/mol. The van der Waals surface area contributed by atoms with Gasteiger partial charge in [0.1, 0.15) is 5.69 Å². The van der Waals surface area contributed by atoms with Gasteiger partial charge in [0.25, 0.3) is 0 Å². The Morgan fingerprint density at radius 2 is 2.00 bits per heavy atom. The van der Waals surface area contributed by atoms with Gasteiger partial charge in [0, 0.05) is 30.4 Å². The fourth-order valence-electron chi connectivity index (χ4n) is 2.06. The van der Waals surface area contributed by atoms with E-state index >= 15 is 0 Å². The van der Waals surface area contributed by atoms with Gasteiger partial charge in [-0.05, 0) is 12.1 Å². The number of carbonyl (C=O) groups is 2. The van der Waals surface area contributed by atoms with E-state index in [0.29, 0.717) is 24.5 Å². The summed E-state index contributed by atoms with van der Waals surface area (Å²) in [5.41, 5.74) is 7.59. The lowest BCUT2D eigenvalue weighted by Crippen LogP contribution is -2.52. The van der Waals surface area contributed by atoms with Gasteiger partial charge in [0.05, 0.1) is 0 Å². The number of hydrogen-bond donors (Lipinski definition) is 2. The maximum atomic E-state index is 11.8. The van der Waals surface area contributed by atoms with Crippen molar-refractivity contribution in [3.05, 3.63) is 30.3 Å². The quantitative estimate of drug-likeness (QED) is 0.770. The number of rotatable bonds is 2. The zero-order chi connectivity index (χ0) is 14.1. The van der Waals surface area contributed by atoms with E-state index in [1.165, 1.54) is 4.90 Å². The predicted molar refractivity (Wildman–Crippen MR) is 71.7 cm³/mol. The van der Waals surface area contributed by atoms with Gasteiger partial charge in [0.15, 0.2) is 0 Å². The van der Waals surface area contributed by atoms with Crippen LogP contribution in [-0.4, -0.2) is 30.1 Å². The van der Waals surface area contributed by atoms with Crippen LogP contribution in [0.1, 0.15) is 0 Å². The Bertz CT molecular complexity index is 663. The first-order chi connectivity index (χ1) is 9.65. The molecule has 0 unspecified atom stereocenters. The Balaban J connectivity index is 1.86. The molecule has 0 atom stereocenters. The number of nitrogens with one attached hydrogen (secondary N) is 1. The van der Waals surface area contributed by atoms with Crippen LogP contribution in [0.4, 0.5) is 11.6 Å². The molecule has 2 heterocycles. The van der Waals surface area contributed by atoms with Crippen molar-refractivity contribution in [2.75, 3.05) is 23.7 Å². The first kappa shape index (κ1) is 12.2. The molecule has 7 heteroatoms. The van der Waals surface area contributed by atoms with E-state index in [0.717, 1.165) is 5.56 Å². The molecule has 1 aliphatic heterocycles. The van der Waals surface area contributed by atoms with Crippen molar-refractivity contribution in [2.45, 2.75) is 0 Å². The minimum Gasteiger partial charge on any atom is -0.368 e. The van der Waals surface area contributed by atoms with Crippen molar-refractivity contribution in [1.29, 1.82) is 0 Å². The predicted octanol–water partition coefficient (Wildman–Crippen LogP) is 0.387. The van der Waals surface area contributed by atoms with Crippen LogP contribution in [0.2, 0.25) is 0 Å². The van der Waals surface area contributed by atoms with E-state index in [-0.39, 0.29) is 5.88 Å². The molecule has 2 aromatic rings. The summed E-state index contributed by atoms with van der Waals surface area (Å²) in [5, 5.41) is 6.32. The summed E-state index contributed by atoms with van der Waals surface area (Å²) >= 11 is 0. The first-order valence-corrected chi connectivity index (χ1v) is 6.07. The zero-order valence-electron chi connectivity index (χ0n) is 10.5. The Labute approximate surface area is 114 Å². The van der Waals surface area contributed by atoms with E-state index in [1.54, 1.807) is 30.3 Å². The van der Waals surface area contributed by atoms with Crippen LogP contribution in [-0.2, 0) is 9.59 Å². The molecule has 0 saturated carbocycles. The lowest BCUT2D eigenvalue weighted by Gasteiger charge is -2.26. The molecule has 0 bridgehead atoms. The van der Waals surface area contributed by atoms with E-state index < -0.39 is 11.8 Å². The second-order valence-corrected chi connectivity index (χ2v) is 4.37. The van der Waals surface area contributed by atoms with Gasteiger partial charge >= 0.3 is 11.8 Å². The fraction of sp³-hybridized carbons (Fsp3) is 0.154. The molecule has 0 aliphatic carbocycles. The highest BCUT2D eigenvalue weighted by Crippen LogP contribution is 2.24. The van der Waals surface area contributed by atoms with Crippen LogP contribution >= 0.6 is 0 Å². The van der Waals surface area contributed by atoms with Crippen LogP contribution < -0.4 is 16.0 Å². The van der Waals surface area contributed by atoms with E-state index in [1.807, 2.05) is 0 Å². The van der Waals surface area contributed by atoms with Crippen LogP contribution in [0.25, 0.3) is 11.3 Å². The van der Waals surface area contributed by atoms with Gasteiger partial charge < -0.3 is 20.5 Å². The molecular weight excluding hydrogens is 260 g/mol. The summed E-state index contributed by atoms with van der Waals surface area (Å²) in [6.07, 6.45) is 0. The minimum atomic E-state index is -0.579. The normalized spacial score (nSPS) is 15.3. The lowest BCUT2D eigenvalue weighted by molar-refractivity contribution is -0.138. The number of nitrogens with zero attached hydrogens (tertiary/aromatic N) is 2. The maximum absolute atomic E-state index is 11.8. The molecule has 1 aromatic heterocycles. The zero-order valence-corrected chi connectivity index (χ0v) is 10.5. The van der Waals surface area contributed by atoms with Gasteiger partial charge in [0.2, 0.25) is 5.88 Å². The molecule has 0 spiro atoms. The van der Waals surface area contributed by atoms with E-state index in [4.69, 9.17) is 10.3 Å². The number of piperazine rings is 1. The molecular formula is C13H12N4O3. The van der Waals surface area contributed by atoms with Crippen LogP contribution in [0.15, 0.2) is 34.9 Å². The second kappa shape index (κ2) is 4.69. The summed E-state index contributed by atoms with van der Waals surface area (Å²) in [4.78, 5) is 24.5. The SMILES string of the molecule is Nc1cc(-c2ccc(N3CCNC(=O)C3=O)cc2)no1. The average Bonchev–Trinajstić information content (AvgIpc) is 2.89. The first-order valence-electron chi connectivity index (χ1n) is 6.07. The van der Waals surface area contributed by atoms with Crippen LogP contribution in [0.3, 0.4) is 0 Å². The summed E-state index contributed by atoms with van der Waals surface area (Å²) in [6.45, 7) is 0.910. The van der Waals surface area contributed by atoms with Crippen molar-refractivity contribution in [3.63, 3.8) is 0 Å². The molecule has 1 aromatic carbocycles. The number of carbonyl (C=O) groups excluding carboxylic acids is 2. The molecule has 0 radical (unpaired) electrons. The number of anilines is 2. The molecule has 2 amide bonds. The van der Waals surface area contributed by atoms with Crippen LogP contribution in [0.5, 0.6) is 0 Å². The summed E-state index contributed by atoms with van der Waals surface area (Å²) in [6, 6.07) is 8.74. The van der Waals surface area contributed by atoms with Gasteiger partial charge in [-0.2, -0.15) is 0 Å². The molecule has 1 aliphatic rings. The molecule has 3 N–H and O–H groups in total. The molecule has 3 rings (SSSR count). The fourth-order valence-corrected chi connectivity index (χ4v) is 2.06.